The lowest BCUT2D eigenvalue weighted by Crippen LogP contribution is -2.31. The monoisotopic (exact) mass is 478 g/mol. The summed E-state index contributed by atoms with van der Waals surface area (Å²) >= 11 is 0. The van der Waals surface area contributed by atoms with Crippen LogP contribution >= 0.6 is 0 Å². The van der Waals surface area contributed by atoms with E-state index in [1.54, 1.807) is 31.4 Å². The minimum Gasteiger partial charge on any atom is -0.497 e. The van der Waals surface area contributed by atoms with E-state index < -0.39 is 29.4 Å². The Hall–Kier alpha value is -4.67. The number of hydrogen-bond donors (Lipinski definition) is 1. The molecule has 11 nitrogen and oxygen atoms in total. The standard InChI is InChI=1S/C24H22N4O7/c1-25-18-10-7-16(12-20(18)28(31)32)24(30)35-14-23(29)27-21(22-4-3-11-34-22)13-19(26-27)15-5-8-17(33-2)9-6-15/h3-12,21,25H,13-14H2,1-2H3/t21-/m1/s1. The van der Waals surface area contributed by atoms with Crippen LogP contribution in [0.5, 0.6) is 5.75 Å². The molecule has 2 aromatic carbocycles. The highest BCUT2D eigenvalue weighted by molar-refractivity contribution is 6.03. The Morgan fingerprint density at radius 3 is 2.63 bits per heavy atom. The zero-order valence-corrected chi connectivity index (χ0v) is 19.0. The third kappa shape index (κ3) is 4.98. The average molecular weight is 478 g/mol. The number of carbonyl (C=O) groups excluding carboxylic acids is 2. The number of hydrazone groups is 1. The Morgan fingerprint density at radius 1 is 1.23 bits per heavy atom. The molecule has 2 heterocycles. The molecule has 0 radical (unpaired) electrons. The van der Waals surface area contributed by atoms with Crippen LogP contribution in [0.2, 0.25) is 0 Å². The van der Waals surface area contributed by atoms with E-state index >= 15 is 0 Å². The fourth-order valence-corrected chi connectivity index (χ4v) is 3.70. The van der Waals surface area contributed by atoms with Crippen LogP contribution in [0.3, 0.4) is 0 Å². The van der Waals surface area contributed by atoms with E-state index in [4.69, 9.17) is 13.9 Å². The molecule has 0 aliphatic carbocycles. The molecule has 0 fully saturated rings. The number of nitro groups is 1. The Bertz CT molecular complexity index is 1270. The molecule has 1 aliphatic rings. The van der Waals surface area contributed by atoms with Gasteiger partial charge in [-0.2, -0.15) is 5.10 Å². The molecule has 180 valence electrons. The van der Waals surface area contributed by atoms with Crippen LogP contribution in [-0.4, -0.2) is 48.3 Å². The highest BCUT2D eigenvalue weighted by Crippen LogP contribution is 2.33. The maximum atomic E-state index is 13.0. The van der Waals surface area contributed by atoms with Crippen molar-refractivity contribution in [1.29, 1.82) is 0 Å². The van der Waals surface area contributed by atoms with Gasteiger partial charge < -0.3 is 19.2 Å². The number of benzene rings is 2. The maximum Gasteiger partial charge on any atom is 0.338 e. The van der Waals surface area contributed by atoms with Gasteiger partial charge >= 0.3 is 5.97 Å². The maximum absolute atomic E-state index is 13.0. The van der Waals surface area contributed by atoms with Crippen LogP contribution in [0.25, 0.3) is 0 Å². The predicted molar refractivity (Wildman–Crippen MR) is 125 cm³/mol. The molecule has 35 heavy (non-hydrogen) atoms. The molecule has 1 amide bonds. The van der Waals surface area contributed by atoms with Gasteiger partial charge in [-0.15, -0.1) is 0 Å². The summed E-state index contributed by atoms with van der Waals surface area (Å²) in [6.45, 7) is -0.600. The summed E-state index contributed by atoms with van der Waals surface area (Å²) in [6, 6.07) is 14.1. The van der Waals surface area contributed by atoms with Crippen molar-refractivity contribution in [1.82, 2.24) is 5.01 Å². The third-order valence-corrected chi connectivity index (χ3v) is 5.49. The predicted octanol–water partition coefficient (Wildman–Crippen LogP) is 3.77. The second-order valence-corrected chi connectivity index (χ2v) is 7.56. The van der Waals surface area contributed by atoms with Gasteiger partial charge in [0.25, 0.3) is 11.6 Å². The van der Waals surface area contributed by atoms with Gasteiger partial charge in [-0.05, 0) is 54.1 Å². The summed E-state index contributed by atoms with van der Waals surface area (Å²) in [5.41, 5.74) is 1.40. The first kappa shape index (κ1) is 23.5. The van der Waals surface area contributed by atoms with Gasteiger partial charge in [0, 0.05) is 19.5 Å². The molecular weight excluding hydrogens is 456 g/mol. The van der Waals surface area contributed by atoms with Crippen molar-refractivity contribution in [3.8, 4) is 5.75 Å². The number of ether oxygens (including phenoxy) is 2. The van der Waals surface area contributed by atoms with Crippen LogP contribution in [0.1, 0.15) is 34.1 Å². The zero-order valence-electron chi connectivity index (χ0n) is 19.0. The molecular formula is C24H22N4O7. The summed E-state index contributed by atoms with van der Waals surface area (Å²) in [6.07, 6.45) is 1.91. The molecule has 11 heteroatoms. The van der Waals surface area contributed by atoms with Crippen molar-refractivity contribution >= 4 is 29.0 Å². The topological polar surface area (TPSA) is 137 Å². The quantitative estimate of drug-likeness (QED) is 0.293. The fourth-order valence-electron chi connectivity index (χ4n) is 3.70. The number of nitro benzene ring substituents is 1. The second-order valence-electron chi connectivity index (χ2n) is 7.56. The number of hydrogen-bond acceptors (Lipinski definition) is 9. The number of methoxy groups -OCH3 is 1. The van der Waals surface area contributed by atoms with Crippen molar-refractivity contribution in [2.45, 2.75) is 12.5 Å². The molecule has 0 unspecified atom stereocenters. The minimum absolute atomic E-state index is 0.0464. The van der Waals surface area contributed by atoms with Crippen LogP contribution in [0.15, 0.2) is 70.4 Å². The number of nitrogens with zero attached hydrogens (tertiary/aromatic N) is 3. The molecule has 1 aromatic heterocycles. The van der Waals surface area contributed by atoms with E-state index in [-0.39, 0.29) is 16.9 Å². The number of amides is 1. The summed E-state index contributed by atoms with van der Waals surface area (Å²) < 4.78 is 15.9. The number of furan rings is 1. The summed E-state index contributed by atoms with van der Waals surface area (Å²) in [4.78, 5) is 36.1. The first-order valence-electron chi connectivity index (χ1n) is 10.6. The third-order valence-electron chi connectivity index (χ3n) is 5.49. The van der Waals surface area contributed by atoms with Crippen molar-refractivity contribution < 1.29 is 28.4 Å². The molecule has 0 saturated carbocycles. The van der Waals surface area contributed by atoms with Crippen LogP contribution in [0, 0.1) is 10.1 Å². The van der Waals surface area contributed by atoms with E-state index in [2.05, 4.69) is 10.4 Å². The van der Waals surface area contributed by atoms with Crippen LogP contribution in [-0.2, 0) is 9.53 Å². The molecule has 4 rings (SSSR count). The van der Waals surface area contributed by atoms with Crippen molar-refractivity contribution in [3.05, 3.63) is 87.9 Å². The van der Waals surface area contributed by atoms with Gasteiger partial charge in [-0.3, -0.25) is 14.9 Å². The average Bonchev–Trinajstić information content (AvgIpc) is 3.57. The van der Waals surface area contributed by atoms with Crippen molar-refractivity contribution in [2.75, 3.05) is 26.1 Å². The van der Waals surface area contributed by atoms with Gasteiger partial charge in [0.15, 0.2) is 6.61 Å². The Balaban J connectivity index is 1.51. The highest BCUT2D eigenvalue weighted by atomic mass is 16.6. The molecule has 1 N–H and O–H groups in total. The van der Waals surface area contributed by atoms with Crippen LogP contribution in [0.4, 0.5) is 11.4 Å². The lowest BCUT2D eigenvalue weighted by atomic mass is 10.0. The Labute approximate surface area is 200 Å². The molecule has 3 aromatic rings. The Kier molecular flexibility index (Phi) is 6.76. The second kappa shape index (κ2) is 10.1. The van der Waals surface area contributed by atoms with E-state index in [0.717, 1.165) is 11.6 Å². The van der Waals surface area contributed by atoms with Gasteiger partial charge in [-0.1, -0.05) is 0 Å². The van der Waals surface area contributed by atoms with Gasteiger partial charge in [0.05, 0.1) is 29.6 Å². The van der Waals surface area contributed by atoms with E-state index in [0.29, 0.717) is 23.6 Å². The molecule has 0 spiro atoms. The number of carbonyl (C=O) groups is 2. The van der Waals surface area contributed by atoms with Gasteiger partial charge in [0.1, 0.15) is 23.2 Å². The first-order chi connectivity index (χ1) is 16.9. The SMILES string of the molecule is CNc1ccc(C(=O)OCC(=O)N2N=C(c3ccc(OC)cc3)C[C@@H]2c2ccco2)cc1[N+](=O)[O-]. The van der Waals surface area contributed by atoms with Crippen LogP contribution < -0.4 is 10.1 Å². The highest BCUT2D eigenvalue weighted by Gasteiger charge is 2.35. The molecule has 0 saturated heterocycles. The largest absolute Gasteiger partial charge is 0.497 e. The van der Waals surface area contributed by atoms with E-state index in [1.807, 2.05) is 12.1 Å². The lowest BCUT2D eigenvalue weighted by molar-refractivity contribution is -0.384. The number of esters is 1. The minimum atomic E-state index is -0.864. The summed E-state index contributed by atoms with van der Waals surface area (Å²) in [5, 5.41) is 19.6. The fraction of sp³-hybridized carbons (Fsp3) is 0.208. The van der Waals surface area contributed by atoms with E-state index in [1.165, 1.54) is 30.5 Å². The summed E-state index contributed by atoms with van der Waals surface area (Å²) in [7, 11) is 3.11. The smallest absolute Gasteiger partial charge is 0.338 e. The number of rotatable bonds is 8. The number of anilines is 1. The molecule has 1 atom stereocenters. The lowest BCUT2D eigenvalue weighted by Gasteiger charge is -2.19. The zero-order chi connectivity index (χ0) is 24.9. The normalized spacial score (nSPS) is 14.9. The Morgan fingerprint density at radius 2 is 2.00 bits per heavy atom. The summed E-state index contributed by atoms with van der Waals surface area (Å²) in [5.74, 6) is -0.199. The van der Waals surface area contributed by atoms with Crippen molar-refractivity contribution in [2.24, 2.45) is 5.10 Å². The molecule has 0 bridgehead atoms. The van der Waals surface area contributed by atoms with Gasteiger partial charge in [-0.25, -0.2) is 9.80 Å². The van der Waals surface area contributed by atoms with Crippen molar-refractivity contribution in [3.63, 3.8) is 0 Å². The van der Waals surface area contributed by atoms with Gasteiger partial charge in [0.2, 0.25) is 0 Å². The van der Waals surface area contributed by atoms with E-state index in [9.17, 15) is 19.7 Å². The first-order valence-corrected chi connectivity index (χ1v) is 10.6. The molecule has 1 aliphatic heterocycles. The number of nitrogens with one attached hydrogen (secondary N) is 1.